The Kier molecular flexibility index (Phi) is 6.13. The molecule has 2 unspecified atom stereocenters. The summed E-state index contributed by atoms with van der Waals surface area (Å²) in [4.78, 5) is 5.80. The molecule has 0 aromatic heterocycles. The first kappa shape index (κ1) is 18.0. The third-order valence-corrected chi connectivity index (χ3v) is 5.43. The molecule has 2 nitrogen and oxygen atoms in total. The van der Waals surface area contributed by atoms with Crippen molar-refractivity contribution < 1.29 is 18.0 Å². The summed E-state index contributed by atoms with van der Waals surface area (Å²) in [6.07, 6.45) is -4.64. The van der Waals surface area contributed by atoms with Gasteiger partial charge in [0.25, 0.3) is 0 Å². The summed E-state index contributed by atoms with van der Waals surface area (Å²) in [5, 5.41) is 1.84. The van der Waals surface area contributed by atoms with Crippen LogP contribution in [0.1, 0.15) is 25.3 Å². The van der Waals surface area contributed by atoms with Crippen molar-refractivity contribution in [2.45, 2.75) is 32.5 Å². The molecule has 0 saturated carbocycles. The number of halogens is 4. The van der Waals surface area contributed by atoms with Crippen LogP contribution in [-0.2, 0) is 11.4 Å². The van der Waals surface area contributed by atoms with E-state index < -0.39 is 12.6 Å². The van der Waals surface area contributed by atoms with Gasteiger partial charge in [0.05, 0.1) is 6.61 Å². The molecule has 1 aliphatic rings. The summed E-state index contributed by atoms with van der Waals surface area (Å²) >= 11 is 2.26. The Bertz CT molecular complexity index is 468. The van der Waals surface area contributed by atoms with Gasteiger partial charge in [-0.3, -0.25) is 4.84 Å². The van der Waals surface area contributed by atoms with Gasteiger partial charge in [0.2, 0.25) is 0 Å². The van der Waals surface area contributed by atoms with Crippen molar-refractivity contribution in [2.75, 3.05) is 17.5 Å². The van der Waals surface area contributed by atoms with Crippen molar-refractivity contribution in [1.82, 2.24) is 5.06 Å². The molecule has 1 heterocycles. The van der Waals surface area contributed by atoms with Crippen LogP contribution in [-0.4, -0.2) is 28.8 Å². The van der Waals surface area contributed by atoms with Crippen LogP contribution in [0.5, 0.6) is 0 Å². The van der Waals surface area contributed by atoms with E-state index in [-0.39, 0.29) is 17.8 Å². The van der Waals surface area contributed by atoms with Gasteiger partial charge in [-0.05, 0) is 23.3 Å². The maximum Gasteiger partial charge on any atom is 0.389 e. The molecule has 6 heteroatoms. The number of benzene rings is 1. The Morgan fingerprint density at radius 2 is 2.00 bits per heavy atom. The van der Waals surface area contributed by atoms with Crippen LogP contribution >= 0.6 is 22.6 Å². The first-order valence-corrected chi connectivity index (χ1v) is 8.89. The van der Waals surface area contributed by atoms with Crippen LogP contribution < -0.4 is 0 Å². The average molecular weight is 427 g/mol. The molecule has 2 atom stereocenters. The summed E-state index contributed by atoms with van der Waals surface area (Å²) in [6, 6.07) is 9.80. The molecule has 0 bridgehead atoms. The zero-order valence-electron chi connectivity index (χ0n) is 12.6. The third kappa shape index (κ3) is 5.09. The van der Waals surface area contributed by atoms with E-state index >= 15 is 0 Å². The van der Waals surface area contributed by atoms with Gasteiger partial charge < -0.3 is 0 Å². The second kappa shape index (κ2) is 7.49. The van der Waals surface area contributed by atoms with Crippen LogP contribution in [0, 0.1) is 11.3 Å². The van der Waals surface area contributed by atoms with Gasteiger partial charge in [0.1, 0.15) is 0 Å². The van der Waals surface area contributed by atoms with E-state index in [1.165, 1.54) is 0 Å². The second-order valence-electron chi connectivity index (χ2n) is 6.20. The smallest absolute Gasteiger partial charge is 0.294 e. The van der Waals surface area contributed by atoms with Gasteiger partial charge >= 0.3 is 6.18 Å². The van der Waals surface area contributed by atoms with Crippen molar-refractivity contribution in [3.8, 4) is 0 Å². The number of nitrogens with zero attached hydrogens (tertiary/aromatic N) is 1. The van der Waals surface area contributed by atoms with Gasteiger partial charge in [-0.2, -0.15) is 18.2 Å². The molecule has 1 aromatic carbocycles. The molecule has 22 heavy (non-hydrogen) atoms. The van der Waals surface area contributed by atoms with Crippen molar-refractivity contribution in [3.05, 3.63) is 35.9 Å². The molecule has 0 spiro atoms. The predicted octanol–water partition coefficient (Wildman–Crippen LogP) is 4.83. The highest BCUT2D eigenvalue weighted by atomic mass is 127. The highest BCUT2D eigenvalue weighted by Crippen LogP contribution is 2.43. The fourth-order valence-corrected chi connectivity index (χ4v) is 4.19. The van der Waals surface area contributed by atoms with Crippen molar-refractivity contribution >= 4 is 22.6 Å². The lowest BCUT2D eigenvalue weighted by Crippen LogP contribution is -2.30. The summed E-state index contributed by atoms with van der Waals surface area (Å²) in [6.45, 7) is 3.67. The van der Waals surface area contributed by atoms with Crippen LogP contribution in [0.2, 0.25) is 0 Å². The highest BCUT2D eigenvalue weighted by Gasteiger charge is 2.44. The normalized spacial score (nSPS) is 26.5. The Labute approximate surface area is 143 Å². The van der Waals surface area contributed by atoms with Gasteiger partial charge in [-0.1, -0.05) is 59.8 Å². The lowest BCUT2D eigenvalue weighted by molar-refractivity contribution is -0.163. The molecule has 0 N–H and O–H groups in total. The Hall–Kier alpha value is -0.340. The molecular formula is C16H21F3INO. The minimum Gasteiger partial charge on any atom is -0.294 e. The van der Waals surface area contributed by atoms with E-state index in [4.69, 9.17) is 4.84 Å². The van der Waals surface area contributed by atoms with Gasteiger partial charge in [0, 0.05) is 23.9 Å². The molecule has 0 radical (unpaired) electrons. The molecule has 1 saturated heterocycles. The SMILES string of the molecule is CC1(CCC(F)(F)F)CN(OCc2ccccc2)CC1CI. The second-order valence-corrected chi connectivity index (χ2v) is 7.08. The molecule has 0 aliphatic carbocycles. The minimum absolute atomic E-state index is 0.162. The standard InChI is InChI=1S/C16H21F3INO/c1-15(7-8-16(17,18)19)12-21(10-14(15)9-20)22-11-13-5-3-2-4-6-13/h2-6,14H,7-12H2,1H3. The Balaban J connectivity index is 1.90. The Morgan fingerprint density at radius 3 is 2.59 bits per heavy atom. The van der Waals surface area contributed by atoms with E-state index in [1.807, 2.05) is 42.3 Å². The molecule has 2 rings (SSSR count). The molecular weight excluding hydrogens is 406 g/mol. The summed E-state index contributed by atoms with van der Waals surface area (Å²) < 4.78 is 38.4. The van der Waals surface area contributed by atoms with Crippen molar-refractivity contribution in [2.24, 2.45) is 11.3 Å². The predicted molar refractivity (Wildman–Crippen MR) is 88.6 cm³/mol. The van der Waals surface area contributed by atoms with E-state index in [9.17, 15) is 13.2 Å². The van der Waals surface area contributed by atoms with Crippen molar-refractivity contribution in [3.63, 3.8) is 0 Å². The first-order valence-electron chi connectivity index (χ1n) is 7.37. The van der Waals surface area contributed by atoms with E-state index in [2.05, 4.69) is 22.6 Å². The van der Waals surface area contributed by atoms with Gasteiger partial charge in [-0.25, -0.2) is 0 Å². The maximum atomic E-state index is 12.5. The first-order chi connectivity index (χ1) is 10.3. The third-order valence-electron chi connectivity index (χ3n) is 4.37. The molecule has 124 valence electrons. The van der Waals surface area contributed by atoms with Crippen LogP contribution in [0.3, 0.4) is 0 Å². The summed E-state index contributed by atoms with van der Waals surface area (Å²) in [5.74, 6) is 0.228. The van der Waals surface area contributed by atoms with Gasteiger partial charge in [0.15, 0.2) is 0 Å². The number of rotatable bonds is 6. The highest BCUT2D eigenvalue weighted by molar-refractivity contribution is 14.1. The van der Waals surface area contributed by atoms with Crippen LogP contribution in [0.4, 0.5) is 13.2 Å². The quantitative estimate of drug-likeness (QED) is 0.476. The van der Waals surface area contributed by atoms with Crippen molar-refractivity contribution in [1.29, 1.82) is 0 Å². The van der Waals surface area contributed by atoms with Crippen LogP contribution in [0.15, 0.2) is 30.3 Å². The fourth-order valence-electron chi connectivity index (χ4n) is 2.85. The van der Waals surface area contributed by atoms with E-state index in [0.717, 1.165) is 9.99 Å². The average Bonchev–Trinajstić information content (AvgIpc) is 2.80. The molecule has 1 fully saturated rings. The summed E-state index contributed by atoms with van der Waals surface area (Å²) in [7, 11) is 0. The molecule has 0 amide bonds. The topological polar surface area (TPSA) is 12.5 Å². The molecule has 1 aliphatic heterocycles. The zero-order chi connectivity index (χ0) is 16.2. The largest absolute Gasteiger partial charge is 0.389 e. The van der Waals surface area contributed by atoms with Gasteiger partial charge in [-0.15, -0.1) is 0 Å². The number of alkyl halides is 4. The number of hydroxylamine groups is 2. The lowest BCUT2D eigenvalue weighted by atomic mass is 9.77. The zero-order valence-corrected chi connectivity index (χ0v) is 14.7. The van der Waals surface area contributed by atoms with Crippen LogP contribution in [0.25, 0.3) is 0 Å². The maximum absolute atomic E-state index is 12.5. The number of hydrogen-bond donors (Lipinski definition) is 0. The number of hydrogen-bond acceptors (Lipinski definition) is 2. The lowest BCUT2D eigenvalue weighted by Gasteiger charge is -2.29. The molecule has 1 aromatic rings. The fraction of sp³-hybridized carbons (Fsp3) is 0.625. The van der Waals surface area contributed by atoms with E-state index in [0.29, 0.717) is 19.7 Å². The summed E-state index contributed by atoms with van der Waals surface area (Å²) in [5.41, 5.74) is 0.727. The monoisotopic (exact) mass is 427 g/mol. The minimum atomic E-state index is -4.09. The van der Waals surface area contributed by atoms with E-state index in [1.54, 1.807) is 0 Å². The Morgan fingerprint density at radius 1 is 1.32 bits per heavy atom.